The van der Waals surface area contributed by atoms with E-state index in [1.807, 2.05) is 24.3 Å². The lowest BCUT2D eigenvalue weighted by atomic mass is 9.97. The molecule has 1 N–H and O–H groups in total. The first-order valence-electron chi connectivity index (χ1n) is 10.4. The second-order valence-corrected chi connectivity index (χ2v) is 7.63. The molecular formula is C24H28N2O4. The second kappa shape index (κ2) is 9.57. The van der Waals surface area contributed by atoms with Gasteiger partial charge in [-0.3, -0.25) is 9.59 Å². The normalized spacial score (nSPS) is 15.6. The number of hydrogen-bond donors (Lipinski definition) is 1. The third kappa shape index (κ3) is 4.87. The van der Waals surface area contributed by atoms with Gasteiger partial charge in [0, 0.05) is 24.3 Å². The van der Waals surface area contributed by atoms with E-state index < -0.39 is 12.1 Å². The predicted octanol–water partition coefficient (Wildman–Crippen LogP) is 4.51. The molecule has 2 aromatic carbocycles. The average molecular weight is 408 g/mol. The van der Waals surface area contributed by atoms with Crippen LogP contribution >= 0.6 is 0 Å². The topological polar surface area (TPSA) is 75.7 Å². The molecule has 0 spiro atoms. The quantitative estimate of drug-likeness (QED) is 0.684. The molecule has 6 heteroatoms. The van der Waals surface area contributed by atoms with E-state index in [1.54, 1.807) is 36.1 Å². The van der Waals surface area contributed by atoms with Crippen LogP contribution in [-0.2, 0) is 14.3 Å². The van der Waals surface area contributed by atoms with Gasteiger partial charge in [0.25, 0.3) is 5.91 Å². The number of amides is 2. The average Bonchev–Trinajstić information content (AvgIpc) is 3.19. The molecule has 6 nitrogen and oxygen atoms in total. The Morgan fingerprint density at radius 2 is 1.80 bits per heavy atom. The third-order valence-corrected chi connectivity index (χ3v) is 5.50. The van der Waals surface area contributed by atoms with Gasteiger partial charge < -0.3 is 15.0 Å². The van der Waals surface area contributed by atoms with Gasteiger partial charge in [0.15, 0.2) is 6.10 Å². The van der Waals surface area contributed by atoms with Crippen molar-refractivity contribution < 1.29 is 19.1 Å². The van der Waals surface area contributed by atoms with Gasteiger partial charge in [-0.05, 0) is 61.6 Å². The summed E-state index contributed by atoms with van der Waals surface area (Å²) in [6.45, 7) is 6.45. The zero-order valence-electron chi connectivity index (χ0n) is 17.7. The Morgan fingerprint density at radius 3 is 2.43 bits per heavy atom. The van der Waals surface area contributed by atoms with Crippen LogP contribution in [0.5, 0.6) is 0 Å². The van der Waals surface area contributed by atoms with Gasteiger partial charge in [-0.2, -0.15) is 0 Å². The second-order valence-electron chi connectivity index (χ2n) is 7.63. The molecule has 2 amide bonds. The van der Waals surface area contributed by atoms with E-state index in [4.69, 9.17) is 4.74 Å². The number of para-hydroxylation sites is 1. The van der Waals surface area contributed by atoms with Crippen LogP contribution in [0.2, 0.25) is 0 Å². The van der Waals surface area contributed by atoms with Gasteiger partial charge in [-0.25, -0.2) is 4.79 Å². The number of nitrogens with zero attached hydrogens (tertiary/aromatic N) is 1. The minimum atomic E-state index is -0.942. The lowest BCUT2D eigenvalue weighted by molar-refractivity contribution is -0.123. The van der Waals surface area contributed by atoms with Crippen molar-refractivity contribution in [2.75, 3.05) is 16.8 Å². The molecule has 0 saturated carbocycles. The van der Waals surface area contributed by atoms with Gasteiger partial charge >= 0.3 is 5.97 Å². The molecule has 3 rings (SSSR count). The molecule has 1 fully saturated rings. The first-order chi connectivity index (χ1) is 14.4. The maximum absolute atomic E-state index is 12.6. The standard InChI is InChI=1S/C24H28N2O4/c1-4-16(2)20-8-5-6-9-21(20)25-23(28)17(3)30-24(29)18-11-13-19(14-12-18)26-15-7-10-22(26)27/h5-6,8-9,11-14,16-17H,4,7,10,15H2,1-3H3,(H,25,28)/t16-,17+/m1/s1. The van der Waals surface area contributed by atoms with Gasteiger partial charge in [0.2, 0.25) is 5.91 Å². The number of anilines is 2. The van der Waals surface area contributed by atoms with Crippen LogP contribution < -0.4 is 10.2 Å². The summed E-state index contributed by atoms with van der Waals surface area (Å²) in [5.41, 5.74) is 2.89. The number of ether oxygens (including phenoxy) is 1. The van der Waals surface area contributed by atoms with E-state index in [9.17, 15) is 14.4 Å². The van der Waals surface area contributed by atoms with E-state index in [1.165, 1.54) is 0 Å². The summed E-state index contributed by atoms with van der Waals surface area (Å²) in [7, 11) is 0. The van der Waals surface area contributed by atoms with Crippen LogP contribution in [0.1, 0.15) is 61.9 Å². The van der Waals surface area contributed by atoms with Crippen LogP contribution in [-0.4, -0.2) is 30.4 Å². The Kier molecular flexibility index (Phi) is 6.87. The SMILES string of the molecule is CC[C@@H](C)c1ccccc1NC(=O)[C@H](C)OC(=O)c1ccc(N2CCCC2=O)cc1. The fraction of sp³-hybridized carbons (Fsp3) is 0.375. The van der Waals surface area contributed by atoms with Gasteiger partial charge in [0.1, 0.15) is 0 Å². The van der Waals surface area contributed by atoms with Crippen molar-refractivity contribution in [1.29, 1.82) is 0 Å². The number of benzene rings is 2. The number of carbonyl (C=O) groups excluding carboxylic acids is 3. The highest BCUT2D eigenvalue weighted by atomic mass is 16.5. The first-order valence-corrected chi connectivity index (χ1v) is 10.4. The van der Waals surface area contributed by atoms with Crippen molar-refractivity contribution in [3.63, 3.8) is 0 Å². The van der Waals surface area contributed by atoms with E-state index >= 15 is 0 Å². The summed E-state index contributed by atoms with van der Waals surface area (Å²) in [5.74, 6) is -0.556. The van der Waals surface area contributed by atoms with Crippen LogP contribution in [0.25, 0.3) is 0 Å². The van der Waals surface area contributed by atoms with Crippen molar-refractivity contribution in [2.24, 2.45) is 0 Å². The van der Waals surface area contributed by atoms with E-state index in [2.05, 4.69) is 19.2 Å². The Labute approximate surface area is 177 Å². The third-order valence-electron chi connectivity index (χ3n) is 5.50. The van der Waals surface area contributed by atoms with Crippen LogP contribution in [0.4, 0.5) is 11.4 Å². The zero-order valence-corrected chi connectivity index (χ0v) is 17.7. The minimum absolute atomic E-state index is 0.0910. The molecule has 2 atom stereocenters. The molecule has 158 valence electrons. The molecule has 1 saturated heterocycles. The Balaban J connectivity index is 1.61. The lowest BCUT2D eigenvalue weighted by Gasteiger charge is -2.18. The van der Waals surface area contributed by atoms with Crippen LogP contribution in [0, 0.1) is 0 Å². The molecule has 1 heterocycles. The number of esters is 1. The summed E-state index contributed by atoms with van der Waals surface area (Å²) in [5, 5.41) is 2.87. The molecule has 1 aliphatic heterocycles. The van der Waals surface area contributed by atoms with E-state index in [0.29, 0.717) is 24.4 Å². The highest BCUT2D eigenvalue weighted by molar-refractivity contribution is 5.99. The highest BCUT2D eigenvalue weighted by Gasteiger charge is 2.23. The Hall–Kier alpha value is -3.15. The fourth-order valence-corrected chi connectivity index (χ4v) is 3.48. The minimum Gasteiger partial charge on any atom is -0.449 e. The molecule has 1 aliphatic rings. The van der Waals surface area contributed by atoms with E-state index in [0.717, 1.165) is 29.8 Å². The van der Waals surface area contributed by atoms with Gasteiger partial charge in [0.05, 0.1) is 5.56 Å². The van der Waals surface area contributed by atoms with Crippen LogP contribution in [0.15, 0.2) is 48.5 Å². The maximum atomic E-state index is 12.6. The Morgan fingerprint density at radius 1 is 1.10 bits per heavy atom. The molecule has 0 unspecified atom stereocenters. The molecular weight excluding hydrogens is 380 g/mol. The van der Waals surface area contributed by atoms with E-state index in [-0.39, 0.29) is 11.8 Å². The smallest absolute Gasteiger partial charge is 0.338 e. The number of hydrogen-bond acceptors (Lipinski definition) is 4. The monoisotopic (exact) mass is 408 g/mol. The molecule has 0 aromatic heterocycles. The summed E-state index contributed by atoms with van der Waals surface area (Å²) in [4.78, 5) is 38.6. The van der Waals surface area contributed by atoms with Crippen molar-refractivity contribution in [1.82, 2.24) is 0 Å². The Bertz CT molecular complexity index is 923. The fourth-order valence-electron chi connectivity index (χ4n) is 3.48. The number of carbonyl (C=O) groups is 3. The van der Waals surface area contributed by atoms with Crippen molar-refractivity contribution in [3.05, 3.63) is 59.7 Å². The molecule has 0 radical (unpaired) electrons. The zero-order chi connectivity index (χ0) is 21.7. The molecule has 0 aliphatic carbocycles. The molecule has 0 bridgehead atoms. The number of nitrogens with one attached hydrogen (secondary N) is 1. The molecule has 2 aromatic rings. The highest BCUT2D eigenvalue weighted by Crippen LogP contribution is 2.27. The lowest BCUT2D eigenvalue weighted by Crippen LogP contribution is -2.30. The van der Waals surface area contributed by atoms with Crippen molar-refractivity contribution in [3.8, 4) is 0 Å². The predicted molar refractivity (Wildman–Crippen MR) is 117 cm³/mol. The summed E-state index contributed by atoms with van der Waals surface area (Å²) in [6, 6.07) is 14.3. The van der Waals surface area contributed by atoms with Crippen molar-refractivity contribution in [2.45, 2.75) is 52.1 Å². The summed E-state index contributed by atoms with van der Waals surface area (Å²) in [6.07, 6.45) is 1.41. The maximum Gasteiger partial charge on any atom is 0.338 e. The summed E-state index contributed by atoms with van der Waals surface area (Å²) < 4.78 is 5.35. The van der Waals surface area contributed by atoms with Gasteiger partial charge in [-0.15, -0.1) is 0 Å². The largest absolute Gasteiger partial charge is 0.449 e. The van der Waals surface area contributed by atoms with Crippen LogP contribution in [0.3, 0.4) is 0 Å². The summed E-state index contributed by atoms with van der Waals surface area (Å²) >= 11 is 0. The number of rotatable bonds is 7. The van der Waals surface area contributed by atoms with Crippen molar-refractivity contribution >= 4 is 29.2 Å². The first kappa shape index (κ1) is 21.6. The van der Waals surface area contributed by atoms with Gasteiger partial charge in [-0.1, -0.05) is 32.0 Å². The molecule has 30 heavy (non-hydrogen) atoms.